The van der Waals surface area contributed by atoms with E-state index < -0.39 is 0 Å². The molecule has 1 atom stereocenters. The Bertz CT molecular complexity index is 1450. The van der Waals surface area contributed by atoms with Crippen LogP contribution >= 0.6 is 0 Å². The zero-order chi connectivity index (χ0) is 20.9. The molecule has 31 heavy (non-hydrogen) atoms. The molecule has 0 aromatic heterocycles. The minimum absolute atomic E-state index is 0.0119. The normalized spacial score (nSPS) is 18.6. The van der Waals surface area contributed by atoms with Crippen molar-refractivity contribution in [2.75, 3.05) is 5.32 Å². The summed E-state index contributed by atoms with van der Waals surface area (Å²) in [5.74, 6) is 2.81. The zero-order valence-electron chi connectivity index (χ0n) is 17.1. The number of ether oxygens (including phenoxy) is 2. The predicted molar refractivity (Wildman–Crippen MR) is 127 cm³/mol. The maximum atomic E-state index is 6.28. The summed E-state index contributed by atoms with van der Waals surface area (Å²) < 4.78 is 12.3. The van der Waals surface area contributed by atoms with Crippen molar-refractivity contribution in [3.8, 4) is 11.5 Å². The highest BCUT2D eigenvalue weighted by Gasteiger charge is 2.24. The van der Waals surface area contributed by atoms with Crippen molar-refractivity contribution in [1.29, 1.82) is 0 Å². The molecule has 0 aliphatic carbocycles. The van der Waals surface area contributed by atoms with Crippen LogP contribution in [0.1, 0.15) is 6.92 Å². The summed E-state index contributed by atoms with van der Waals surface area (Å²) in [5.41, 5.74) is 2.44. The molecule has 1 unspecified atom stereocenters. The van der Waals surface area contributed by atoms with E-state index in [-0.39, 0.29) is 6.04 Å². The maximum Gasteiger partial charge on any atom is 0.153 e. The molecule has 4 heteroatoms. The van der Waals surface area contributed by atoms with Crippen LogP contribution in [0.4, 0.5) is 11.4 Å². The van der Waals surface area contributed by atoms with Gasteiger partial charge >= 0.3 is 0 Å². The average molecular weight is 404 g/mol. The fourth-order valence-electron chi connectivity index (χ4n) is 4.09. The van der Waals surface area contributed by atoms with Crippen LogP contribution < -0.4 is 14.8 Å². The Kier molecular flexibility index (Phi) is 3.87. The van der Waals surface area contributed by atoms with Gasteiger partial charge in [-0.25, -0.2) is 4.99 Å². The van der Waals surface area contributed by atoms with E-state index in [2.05, 4.69) is 55.2 Å². The molecule has 0 fully saturated rings. The Balaban J connectivity index is 1.40. The third-order valence-electron chi connectivity index (χ3n) is 5.74. The monoisotopic (exact) mass is 404 g/mol. The standard InChI is InChI=1S/C27H20N2O2/c1-16-25(31-27-14-21-10-6-3-7-18(21)11-23(27)28-16)15-22-17(2)30-26-13-20-9-5-4-8-19(20)12-24(26)29-22/h3-16,28H,2H2,1H3. The minimum Gasteiger partial charge on any atom is -0.457 e. The quantitative estimate of drug-likeness (QED) is 0.382. The van der Waals surface area contributed by atoms with Gasteiger partial charge in [-0.2, -0.15) is 0 Å². The largest absolute Gasteiger partial charge is 0.457 e. The SMILES string of the molecule is C=C1Oc2cc3ccccc3cc2N=C1C=C1Oc2cc3ccccc3cc2NC1C. The van der Waals surface area contributed by atoms with Gasteiger partial charge in [-0.1, -0.05) is 55.1 Å². The van der Waals surface area contributed by atoms with E-state index in [0.717, 1.165) is 44.8 Å². The first-order chi connectivity index (χ1) is 15.1. The number of benzene rings is 4. The first-order valence-electron chi connectivity index (χ1n) is 10.3. The van der Waals surface area contributed by atoms with Crippen molar-refractivity contribution in [2.24, 2.45) is 4.99 Å². The van der Waals surface area contributed by atoms with E-state index in [1.807, 2.05) is 42.5 Å². The Morgan fingerprint density at radius 3 is 2.16 bits per heavy atom. The lowest BCUT2D eigenvalue weighted by atomic mass is 10.1. The lowest BCUT2D eigenvalue weighted by molar-refractivity contribution is 0.385. The Hall–Kier alpha value is -4.05. The molecule has 150 valence electrons. The molecule has 0 saturated heterocycles. The van der Waals surface area contributed by atoms with Gasteiger partial charge in [0.1, 0.15) is 22.9 Å². The second-order valence-electron chi connectivity index (χ2n) is 7.90. The van der Waals surface area contributed by atoms with Gasteiger partial charge in [-0.3, -0.25) is 0 Å². The Labute approximate surface area is 180 Å². The summed E-state index contributed by atoms with van der Waals surface area (Å²) in [6, 6.07) is 24.7. The zero-order valence-corrected chi connectivity index (χ0v) is 17.1. The number of rotatable bonds is 1. The van der Waals surface area contributed by atoms with Crippen molar-refractivity contribution in [1.82, 2.24) is 0 Å². The molecule has 0 bridgehead atoms. The summed E-state index contributed by atoms with van der Waals surface area (Å²) in [4.78, 5) is 4.82. The third kappa shape index (κ3) is 3.04. The van der Waals surface area contributed by atoms with Crippen LogP contribution in [0.25, 0.3) is 21.5 Å². The third-order valence-corrected chi connectivity index (χ3v) is 5.74. The Morgan fingerprint density at radius 1 is 0.839 bits per heavy atom. The van der Waals surface area contributed by atoms with Crippen molar-refractivity contribution < 1.29 is 9.47 Å². The van der Waals surface area contributed by atoms with Crippen molar-refractivity contribution in [2.45, 2.75) is 13.0 Å². The van der Waals surface area contributed by atoms with Gasteiger partial charge in [0.15, 0.2) is 11.5 Å². The number of nitrogens with zero attached hydrogens (tertiary/aromatic N) is 1. The molecule has 0 radical (unpaired) electrons. The smallest absolute Gasteiger partial charge is 0.153 e. The second-order valence-corrected chi connectivity index (χ2v) is 7.90. The molecule has 4 aromatic carbocycles. The van der Waals surface area contributed by atoms with Gasteiger partial charge in [0.25, 0.3) is 0 Å². The first-order valence-corrected chi connectivity index (χ1v) is 10.3. The molecular weight excluding hydrogens is 384 g/mol. The molecular formula is C27H20N2O2. The minimum atomic E-state index is -0.0119. The molecule has 2 heterocycles. The number of fused-ring (bicyclic) bond motifs is 4. The molecule has 2 aliphatic rings. The highest BCUT2D eigenvalue weighted by Crippen LogP contribution is 2.39. The molecule has 2 aliphatic heterocycles. The van der Waals surface area contributed by atoms with Crippen LogP contribution in [0, 0.1) is 0 Å². The van der Waals surface area contributed by atoms with E-state index in [4.69, 9.17) is 14.5 Å². The van der Waals surface area contributed by atoms with Gasteiger partial charge in [0.05, 0.1) is 11.7 Å². The Morgan fingerprint density at radius 2 is 1.45 bits per heavy atom. The van der Waals surface area contributed by atoms with Crippen molar-refractivity contribution in [3.63, 3.8) is 0 Å². The van der Waals surface area contributed by atoms with Crippen LogP contribution in [0.2, 0.25) is 0 Å². The summed E-state index contributed by atoms with van der Waals surface area (Å²) >= 11 is 0. The van der Waals surface area contributed by atoms with Crippen LogP contribution in [0.3, 0.4) is 0 Å². The van der Waals surface area contributed by atoms with Gasteiger partial charge in [0, 0.05) is 6.08 Å². The lowest BCUT2D eigenvalue weighted by Crippen LogP contribution is -2.27. The topological polar surface area (TPSA) is 42.9 Å². The van der Waals surface area contributed by atoms with Crippen molar-refractivity contribution in [3.05, 3.63) is 97.0 Å². The van der Waals surface area contributed by atoms with Gasteiger partial charge < -0.3 is 14.8 Å². The first kappa shape index (κ1) is 17.8. The van der Waals surface area contributed by atoms with Crippen molar-refractivity contribution >= 4 is 38.6 Å². The molecule has 4 aromatic rings. The predicted octanol–water partition coefficient (Wildman–Crippen LogP) is 6.75. The summed E-state index contributed by atoms with van der Waals surface area (Å²) in [7, 11) is 0. The molecule has 4 nitrogen and oxygen atoms in total. The lowest BCUT2D eigenvalue weighted by Gasteiger charge is -2.28. The van der Waals surface area contributed by atoms with Gasteiger partial charge in [-0.05, 0) is 52.7 Å². The second kappa shape index (κ2) is 6.74. The van der Waals surface area contributed by atoms with Crippen LogP contribution in [-0.2, 0) is 0 Å². The highest BCUT2D eigenvalue weighted by atomic mass is 16.5. The van der Waals surface area contributed by atoms with E-state index in [9.17, 15) is 0 Å². The number of hydrogen-bond donors (Lipinski definition) is 1. The van der Waals surface area contributed by atoms with Crippen LogP contribution in [0.15, 0.2) is 102 Å². The fourth-order valence-corrected chi connectivity index (χ4v) is 4.09. The number of hydrogen-bond acceptors (Lipinski definition) is 4. The molecule has 0 saturated carbocycles. The molecule has 0 amide bonds. The van der Waals surface area contributed by atoms with Crippen LogP contribution in [-0.4, -0.2) is 11.8 Å². The average Bonchev–Trinajstić information content (AvgIpc) is 2.77. The number of allylic oxidation sites excluding steroid dienone is 1. The molecule has 0 spiro atoms. The highest BCUT2D eigenvalue weighted by molar-refractivity contribution is 6.10. The van der Waals surface area contributed by atoms with E-state index >= 15 is 0 Å². The number of nitrogens with one attached hydrogen (secondary N) is 1. The number of anilines is 1. The molecule has 6 rings (SSSR count). The van der Waals surface area contributed by atoms with Gasteiger partial charge in [-0.15, -0.1) is 0 Å². The summed E-state index contributed by atoms with van der Waals surface area (Å²) in [6.45, 7) is 6.14. The van der Waals surface area contributed by atoms with E-state index in [1.165, 1.54) is 5.39 Å². The van der Waals surface area contributed by atoms with Crippen LogP contribution in [0.5, 0.6) is 11.5 Å². The summed E-state index contributed by atoms with van der Waals surface area (Å²) in [6.07, 6.45) is 1.91. The van der Waals surface area contributed by atoms with E-state index in [1.54, 1.807) is 0 Å². The number of aliphatic imine (C=N–C) groups is 1. The van der Waals surface area contributed by atoms with Gasteiger partial charge in [0.2, 0.25) is 0 Å². The summed E-state index contributed by atoms with van der Waals surface area (Å²) in [5, 5.41) is 8.09. The maximum absolute atomic E-state index is 6.28. The fraction of sp³-hybridized carbons (Fsp3) is 0.0741. The van der Waals surface area contributed by atoms with E-state index in [0.29, 0.717) is 11.5 Å². The molecule has 1 N–H and O–H groups in total.